The van der Waals surface area contributed by atoms with Crippen LogP contribution in [0.2, 0.25) is 0 Å². The maximum Gasteiger partial charge on any atom is 0.407 e. The van der Waals surface area contributed by atoms with Gasteiger partial charge in [0.25, 0.3) is 0 Å². The second-order valence-electron chi connectivity index (χ2n) is 9.57. The predicted molar refractivity (Wildman–Crippen MR) is 128 cm³/mol. The number of carboxylic acids is 1. The van der Waals surface area contributed by atoms with Crippen molar-refractivity contribution < 1.29 is 24.2 Å². The summed E-state index contributed by atoms with van der Waals surface area (Å²) in [6, 6.07) is 15.6. The molecule has 0 heterocycles. The molecule has 2 unspecified atom stereocenters. The van der Waals surface area contributed by atoms with Crippen molar-refractivity contribution in [1.29, 1.82) is 0 Å². The molecule has 2 aromatic carbocycles. The lowest BCUT2D eigenvalue weighted by molar-refractivity contribution is -0.138. The molecule has 3 N–H and O–H groups in total. The number of carbonyl (C=O) groups is 3. The molecule has 34 heavy (non-hydrogen) atoms. The summed E-state index contributed by atoms with van der Waals surface area (Å²) >= 11 is 0. The molecule has 0 spiro atoms. The highest BCUT2D eigenvalue weighted by molar-refractivity contribution is 5.82. The molecule has 2 aliphatic carbocycles. The Labute approximate surface area is 199 Å². The Bertz CT molecular complexity index is 1020. The number of amides is 2. The summed E-state index contributed by atoms with van der Waals surface area (Å²) in [6.07, 6.45) is 1.50. The zero-order valence-electron chi connectivity index (χ0n) is 19.6. The number of nitrogens with one attached hydrogen (secondary N) is 2. The van der Waals surface area contributed by atoms with Crippen LogP contribution in [0.15, 0.2) is 48.5 Å². The van der Waals surface area contributed by atoms with Crippen molar-refractivity contribution in [2.75, 3.05) is 6.61 Å². The summed E-state index contributed by atoms with van der Waals surface area (Å²) in [5.41, 5.74) is 4.63. The third-order valence-electron chi connectivity index (χ3n) is 7.03. The van der Waals surface area contributed by atoms with Gasteiger partial charge in [-0.2, -0.15) is 0 Å². The number of ether oxygens (including phenoxy) is 1. The Morgan fingerprint density at radius 3 is 2.21 bits per heavy atom. The van der Waals surface area contributed by atoms with Crippen LogP contribution < -0.4 is 10.6 Å². The van der Waals surface area contributed by atoms with Gasteiger partial charge in [0.2, 0.25) is 5.91 Å². The maximum atomic E-state index is 12.9. The highest BCUT2D eigenvalue weighted by Gasteiger charge is 2.36. The predicted octanol–water partition coefficient (Wildman–Crippen LogP) is 4.31. The molecule has 1 saturated carbocycles. The largest absolute Gasteiger partial charge is 0.481 e. The summed E-state index contributed by atoms with van der Waals surface area (Å²) in [4.78, 5) is 36.7. The van der Waals surface area contributed by atoms with Gasteiger partial charge in [-0.3, -0.25) is 9.59 Å². The van der Waals surface area contributed by atoms with E-state index in [9.17, 15) is 14.4 Å². The minimum Gasteiger partial charge on any atom is -0.481 e. The SMILES string of the molecule is CC(C)[C@@H](CC(=O)O)NC(=O)C1CCCC1NC(=O)OCC1c2ccccc2-c2ccccc21. The van der Waals surface area contributed by atoms with Crippen LogP contribution in [0.3, 0.4) is 0 Å². The zero-order valence-corrected chi connectivity index (χ0v) is 19.6. The molecule has 2 aliphatic rings. The summed E-state index contributed by atoms with van der Waals surface area (Å²) < 4.78 is 5.64. The van der Waals surface area contributed by atoms with E-state index in [0.29, 0.717) is 12.8 Å². The van der Waals surface area contributed by atoms with Crippen LogP contribution in [-0.4, -0.2) is 41.8 Å². The van der Waals surface area contributed by atoms with E-state index in [0.717, 1.165) is 17.5 Å². The van der Waals surface area contributed by atoms with E-state index in [1.165, 1.54) is 11.1 Å². The van der Waals surface area contributed by atoms with Crippen molar-refractivity contribution in [2.24, 2.45) is 11.8 Å². The second kappa shape index (κ2) is 10.3. The summed E-state index contributed by atoms with van der Waals surface area (Å²) in [5.74, 6) is -1.57. The number of fused-ring (bicyclic) bond motifs is 3. The standard InChI is InChI=1S/C27H32N2O5/c1-16(2)24(14-25(30)31)28-26(32)21-12-7-13-23(21)29-27(33)34-15-22-19-10-5-3-8-17(19)18-9-4-6-11-20(18)22/h3-6,8-11,16,21-24H,7,12-15H2,1-2H3,(H,28,32)(H,29,33)(H,30,31)/t21?,23?,24-/m1/s1. The number of hydrogen-bond acceptors (Lipinski definition) is 4. The first-order valence-corrected chi connectivity index (χ1v) is 12.0. The minimum absolute atomic E-state index is 0.00463. The average Bonchev–Trinajstić information content (AvgIpc) is 3.39. The van der Waals surface area contributed by atoms with Gasteiger partial charge in [0.1, 0.15) is 6.61 Å². The third kappa shape index (κ3) is 5.08. The molecule has 0 saturated heterocycles. The molecule has 0 radical (unpaired) electrons. The number of alkyl carbamates (subject to hydrolysis) is 1. The normalized spacial score (nSPS) is 19.9. The Morgan fingerprint density at radius 2 is 1.62 bits per heavy atom. The van der Waals surface area contributed by atoms with Crippen LogP contribution in [0.1, 0.15) is 56.6 Å². The number of aliphatic carboxylic acids is 1. The van der Waals surface area contributed by atoms with E-state index in [1.807, 2.05) is 38.1 Å². The van der Waals surface area contributed by atoms with Crippen LogP contribution >= 0.6 is 0 Å². The van der Waals surface area contributed by atoms with Crippen LogP contribution in [0.5, 0.6) is 0 Å². The monoisotopic (exact) mass is 464 g/mol. The summed E-state index contributed by atoms with van der Waals surface area (Å²) in [5, 5.41) is 14.9. The van der Waals surface area contributed by atoms with Crippen LogP contribution in [0.25, 0.3) is 11.1 Å². The lowest BCUT2D eigenvalue weighted by Gasteiger charge is -2.25. The van der Waals surface area contributed by atoms with Crippen molar-refractivity contribution in [3.8, 4) is 11.1 Å². The number of benzene rings is 2. The van der Waals surface area contributed by atoms with Gasteiger partial charge >= 0.3 is 12.1 Å². The fourth-order valence-electron chi connectivity index (χ4n) is 5.17. The molecule has 2 amide bonds. The van der Waals surface area contributed by atoms with Crippen molar-refractivity contribution in [3.63, 3.8) is 0 Å². The number of carbonyl (C=O) groups excluding carboxylic acids is 2. The zero-order chi connectivity index (χ0) is 24.2. The van der Waals surface area contributed by atoms with Gasteiger partial charge in [0.05, 0.1) is 12.3 Å². The van der Waals surface area contributed by atoms with Gasteiger partial charge in [0.15, 0.2) is 0 Å². The molecule has 0 aromatic heterocycles. The first-order valence-electron chi connectivity index (χ1n) is 12.0. The Balaban J connectivity index is 1.36. The molecule has 1 fully saturated rings. The Kier molecular flexibility index (Phi) is 7.20. The van der Waals surface area contributed by atoms with E-state index < -0.39 is 24.0 Å². The molecular weight excluding hydrogens is 432 g/mol. The van der Waals surface area contributed by atoms with E-state index in [4.69, 9.17) is 9.84 Å². The average molecular weight is 465 g/mol. The van der Waals surface area contributed by atoms with Crippen LogP contribution in [0, 0.1) is 11.8 Å². The molecule has 7 heteroatoms. The number of carboxylic acid groups (broad SMARTS) is 1. The van der Waals surface area contributed by atoms with Gasteiger partial charge in [-0.1, -0.05) is 68.8 Å². The quantitative estimate of drug-likeness (QED) is 0.540. The smallest absolute Gasteiger partial charge is 0.407 e. The fraction of sp³-hybridized carbons (Fsp3) is 0.444. The van der Waals surface area contributed by atoms with Gasteiger partial charge in [0, 0.05) is 18.0 Å². The molecule has 0 aliphatic heterocycles. The van der Waals surface area contributed by atoms with E-state index >= 15 is 0 Å². The van der Waals surface area contributed by atoms with Gasteiger partial charge < -0.3 is 20.5 Å². The van der Waals surface area contributed by atoms with Gasteiger partial charge in [-0.05, 0) is 41.0 Å². The molecule has 180 valence electrons. The number of hydrogen-bond donors (Lipinski definition) is 3. The van der Waals surface area contributed by atoms with E-state index in [2.05, 4.69) is 34.9 Å². The van der Waals surface area contributed by atoms with Gasteiger partial charge in [-0.25, -0.2) is 4.79 Å². The summed E-state index contributed by atoms with van der Waals surface area (Å²) in [7, 11) is 0. The Hall–Kier alpha value is -3.35. The van der Waals surface area contributed by atoms with Crippen molar-refractivity contribution >= 4 is 18.0 Å². The minimum atomic E-state index is -0.946. The Morgan fingerprint density at radius 1 is 1.00 bits per heavy atom. The van der Waals surface area contributed by atoms with E-state index in [1.54, 1.807) is 0 Å². The van der Waals surface area contributed by atoms with E-state index in [-0.39, 0.29) is 36.8 Å². The van der Waals surface area contributed by atoms with Crippen molar-refractivity contribution in [3.05, 3.63) is 59.7 Å². The van der Waals surface area contributed by atoms with Crippen molar-refractivity contribution in [2.45, 2.75) is 57.5 Å². The highest BCUT2D eigenvalue weighted by atomic mass is 16.5. The molecular formula is C27H32N2O5. The summed E-state index contributed by atoms with van der Waals surface area (Å²) in [6.45, 7) is 3.99. The molecule has 4 rings (SSSR count). The first kappa shape index (κ1) is 23.8. The first-order chi connectivity index (χ1) is 16.3. The molecule has 2 aromatic rings. The lowest BCUT2D eigenvalue weighted by Crippen LogP contribution is -2.48. The second-order valence-corrected chi connectivity index (χ2v) is 9.57. The third-order valence-corrected chi connectivity index (χ3v) is 7.03. The maximum absolute atomic E-state index is 12.9. The molecule has 7 nitrogen and oxygen atoms in total. The van der Waals surface area contributed by atoms with Crippen LogP contribution in [0.4, 0.5) is 4.79 Å². The highest BCUT2D eigenvalue weighted by Crippen LogP contribution is 2.44. The molecule has 0 bridgehead atoms. The van der Waals surface area contributed by atoms with Gasteiger partial charge in [-0.15, -0.1) is 0 Å². The topological polar surface area (TPSA) is 105 Å². The molecule has 3 atom stereocenters. The lowest BCUT2D eigenvalue weighted by atomic mass is 9.97. The van der Waals surface area contributed by atoms with Crippen molar-refractivity contribution in [1.82, 2.24) is 10.6 Å². The van der Waals surface area contributed by atoms with Crippen LogP contribution in [-0.2, 0) is 14.3 Å². The fourth-order valence-corrected chi connectivity index (χ4v) is 5.17. The number of rotatable bonds is 8.